The van der Waals surface area contributed by atoms with Crippen molar-refractivity contribution in [3.05, 3.63) is 12.2 Å². The fraction of sp³-hybridized carbons (Fsp3) is 0.934. The summed E-state index contributed by atoms with van der Waals surface area (Å²) in [5, 5.41) is 23.1. The number of nitrogens with one attached hydrogen (secondary N) is 1. The maximum atomic E-state index is 12.5. The molecule has 0 aliphatic heterocycles. The van der Waals surface area contributed by atoms with Crippen LogP contribution in [-0.2, 0) is 14.3 Å². The van der Waals surface area contributed by atoms with Gasteiger partial charge in [-0.1, -0.05) is 309 Å². The Kier molecular flexibility index (Phi) is 56.0. The number of esters is 1. The van der Waals surface area contributed by atoms with E-state index in [1.165, 1.54) is 276 Å². The normalized spacial score (nSPS) is 12.6. The summed E-state index contributed by atoms with van der Waals surface area (Å²) in [6.45, 7) is 4.92. The van der Waals surface area contributed by atoms with Gasteiger partial charge < -0.3 is 20.3 Å². The third-order valence-corrected chi connectivity index (χ3v) is 14.3. The van der Waals surface area contributed by atoms with Crippen molar-refractivity contribution in [3.8, 4) is 0 Å². The smallest absolute Gasteiger partial charge is 0.305 e. The topological polar surface area (TPSA) is 95.9 Å². The van der Waals surface area contributed by atoms with E-state index >= 15 is 0 Å². The summed E-state index contributed by atoms with van der Waals surface area (Å²) in [5.74, 6) is -0.0512. The van der Waals surface area contributed by atoms with Gasteiger partial charge in [-0.15, -0.1) is 0 Å². The van der Waals surface area contributed by atoms with Crippen molar-refractivity contribution in [1.29, 1.82) is 0 Å². The molecule has 0 aromatic rings. The van der Waals surface area contributed by atoms with Crippen LogP contribution in [0, 0.1) is 0 Å². The lowest BCUT2D eigenvalue weighted by atomic mass is 10.0. The Morgan fingerprint density at radius 1 is 0.403 bits per heavy atom. The van der Waals surface area contributed by atoms with Crippen molar-refractivity contribution in [2.24, 2.45) is 0 Å². The molecule has 6 nitrogen and oxygen atoms in total. The number of aliphatic hydroxyl groups excluding tert-OH is 2. The number of carbonyl (C=O) groups excluding carboxylic acids is 2. The van der Waals surface area contributed by atoms with Crippen LogP contribution in [0.5, 0.6) is 0 Å². The van der Waals surface area contributed by atoms with Gasteiger partial charge in [0.25, 0.3) is 0 Å². The van der Waals surface area contributed by atoms with Gasteiger partial charge in [-0.05, 0) is 32.1 Å². The molecule has 2 atom stereocenters. The largest absolute Gasteiger partial charge is 0.466 e. The van der Waals surface area contributed by atoms with Gasteiger partial charge in [0.2, 0.25) is 5.91 Å². The van der Waals surface area contributed by atoms with E-state index in [-0.39, 0.29) is 18.5 Å². The second-order valence-electron chi connectivity index (χ2n) is 21.0. The number of unbranched alkanes of at least 4 members (excludes halogenated alkanes) is 46. The minimum atomic E-state index is -0.843. The molecule has 398 valence electrons. The molecule has 0 aliphatic carbocycles. The number of ether oxygens (including phenoxy) is 1. The van der Waals surface area contributed by atoms with E-state index in [1.54, 1.807) is 6.08 Å². The second-order valence-corrected chi connectivity index (χ2v) is 21.0. The number of hydrogen-bond acceptors (Lipinski definition) is 5. The molecule has 3 N–H and O–H groups in total. The van der Waals surface area contributed by atoms with Gasteiger partial charge in [-0.25, -0.2) is 0 Å². The molecular weight excluding hydrogens is 827 g/mol. The maximum Gasteiger partial charge on any atom is 0.305 e. The molecule has 0 aromatic carbocycles. The van der Waals surface area contributed by atoms with Crippen molar-refractivity contribution in [3.63, 3.8) is 0 Å². The molecule has 2 unspecified atom stereocenters. The van der Waals surface area contributed by atoms with Gasteiger partial charge in [-0.3, -0.25) is 9.59 Å². The fourth-order valence-electron chi connectivity index (χ4n) is 9.64. The van der Waals surface area contributed by atoms with E-state index < -0.39 is 12.1 Å². The predicted octanol–water partition coefficient (Wildman–Crippen LogP) is 18.9. The zero-order valence-electron chi connectivity index (χ0n) is 45.4. The Labute approximate surface area is 419 Å². The first-order chi connectivity index (χ1) is 33.0. The number of aliphatic hydroxyl groups is 2. The van der Waals surface area contributed by atoms with Crippen LogP contribution in [0.15, 0.2) is 12.2 Å². The van der Waals surface area contributed by atoms with E-state index in [0.717, 1.165) is 38.5 Å². The van der Waals surface area contributed by atoms with Crippen LogP contribution in [0.2, 0.25) is 0 Å². The highest BCUT2D eigenvalue weighted by Gasteiger charge is 2.18. The molecule has 0 spiro atoms. The molecule has 0 aliphatic rings. The minimum Gasteiger partial charge on any atom is -0.466 e. The Morgan fingerprint density at radius 3 is 1.01 bits per heavy atom. The molecule has 0 radical (unpaired) electrons. The summed E-state index contributed by atoms with van der Waals surface area (Å²) in [7, 11) is 0. The van der Waals surface area contributed by atoms with Gasteiger partial charge >= 0.3 is 5.97 Å². The monoisotopic (exact) mass is 946 g/mol. The van der Waals surface area contributed by atoms with Crippen LogP contribution in [0.3, 0.4) is 0 Å². The maximum absolute atomic E-state index is 12.5. The summed E-state index contributed by atoms with van der Waals surface area (Å²) < 4.78 is 5.48. The molecule has 1 amide bonds. The Morgan fingerprint density at radius 2 is 0.687 bits per heavy atom. The van der Waals surface area contributed by atoms with E-state index in [2.05, 4.69) is 19.2 Å². The van der Waals surface area contributed by atoms with Crippen LogP contribution >= 0.6 is 0 Å². The number of allylic oxidation sites excluding steroid dienone is 1. The molecule has 0 aromatic heterocycles. The van der Waals surface area contributed by atoms with Crippen molar-refractivity contribution in [2.75, 3.05) is 13.2 Å². The molecular formula is C61H119NO5. The van der Waals surface area contributed by atoms with Gasteiger partial charge in [-0.2, -0.15) is 0 Å². The van der Waals surface area contributed by atoms with E-state index in [1.807, 2.05) is 6.08 Å². The van der Waals surface area contributed by atoms with Crippen molar-refractivity contribution >= 4 is 11.9 Å². The van der Waals surface area contributed by atoms with Crippen LogP contribution in [0.1, 0.15) is 341 Å². The second kappa shape index (κ2) is 57.2. The number of hydrogen-bond donors (Lipinski definition) is 3. The zero-order chi connectivity index (χ0) is 48.6. The fourth-order valence-corrected chi connectivity index (χ4v) is 9.64. The third-order valence-electron chi connectivity index (χ3n) is 14.3. The van der Waals surface area contributed by atoms with Crippen molar-refractivity contribution < 1.29 is 24.5 Å². The summed E-state index contributed by atoms with van der Waals surface area (Å²) in [5.41, 5.74) is 0. The van der Waals surface area contributed by atoms with Gasteiger partial charge in [0.05, 0.1) is 25.4 Å². The molecule has 67 heavy (non-hydrogen) atoms. The van der Waals surface area contributed by atoms with Crippen LogP contribution < -0.4 is 5.32 Å². The van der Waals surface area contributed by atoms with Crippen molar-refractivity contribution in [2.45, 2.75) is 353 Å². The number of rotatable bonds is 57. The first kappa shape index (κ1) is 65.6. The third kappa shape index (κ3) is 53.8. The van der Waals surface area contributed by atoms with Gasteiger partial charge in [0.15, 0.2) is 0 Å². The first-order valence-electron chi connectivity index (χ1n) is 30.5. The molecule has 0 heterocycles. The molecule has 6 heteroatoms. The lowest BCUT2D eigenvalue weighted by Crippen LogP contribution is -2.45. The summed E-state index contributed by atoms with van der Waals surface area (Å²) in [4.78, 5) is 24.5. The summed E-state index contributed by atoms with van der Waals surface area (Å²) in [6.07, 6.45) is 68.2. The highest BCUT2D eigenvalue weighted by atomic mass is 16.5. The van der Waals surface area contributed by atoms with Crippen molar-refractivity contribution in [1.82, 2.24) is 5.32 Å². The predicted molar refractivity (Wildman–Crippen MR) is 292 cm³/mol. The highest BCUT2D eigenvalue weighted by molar-refractivity contribution is 5.76. The molecule has 0 saturated carbocycles. The van der Waals surface area contributed by atoms with E-state index in [0.29, 0.717) is 19.4 Å². The number of amides is 1. The minimum absolute atomic E-state index is 0.0148. The lowest BCUT2D eigenvalue weighted by molar-refractivity contribution is -0.143. The van der Waals surface area contributed by atoms with Gasteiger partial charge in [0, 0.05) is 12.8 Å². The SMILES string of the molecule is CCCCCCCCCCCCCCC/C=C/C(O)C(CO)NC(=O)CCCCCCCCCCCCCCCCCCCCCCCCOC(=O)CCCCCCCCCCCCCCC. The average Bonchev–Trinajstić information content (AvgIpc) is 3.33. The van der Waals surface area contributed by atoms with E-state index in [4.69, 9.17) is 4.74 Å². The Hall–Kier alpha value is -1.40. The molecule has 0 rings (SSSR count). The molecule has 0 saturated heterocycles. The molecule has 0 bridgehead atoms. The summed E-state index contributed by atoms with van der Waals surface area (Å²) in [6, 6.07) is -0.627. The van der Waals surface area contributed by atoms with E-state index in [9.17, 15) is 19.8 Å². The van der Waals surface area contributed by atoms with Crippen LogP contribution in [-0.4, -0.2) is 47.4 Å². The molecule has 0 fully saturated rings. The summed E-state index contributed by atoms with van der Waals surface area (Å²) >= 11 is 0. The lowest BCUT2D eigenvalue weighted by Gasteiger charge is -2.20. The Balaban J connectivity index is 3.39. The average molecular weight is 947 g/mol. The zero-order valence-corrected chi connectivity index (χ0v) is 45.4. The standard InChI is InChI=1S/C61H119NO5/c1-3-5-7-9-11-13-15-17-26-30-33-37-41-45-49-53-59(64)58(57-63)62-60(65)54-50-46-42-38-34-31-27-24-22-20-18-19-21-23-25-28-32-36-40-44-48-52-56-67-61(66)55-51-47-43-39-35-29-16-14-12-10-8-6-4-2/h49,53,58-59,63-64H,3-48,50-52,54-57H2,1-2H3,(H,62,65)/b53-49+. The quantitative estimate of drug-likeness (QED) is 0.0321. The Bertz CT molecular complexity index is 1000. The highest BCUT2D eigenvalue weighted by Crippen LogP contribution is 2.18. The number of carbonyl (C=O) groups is 2. The van der Waals surface area contributed by atoms with Crippen LogP contribution in [0.4, 0.5) is 0 Å². The van der Waals surface area contributed by atoms with Crippen LogP contribution in [0.25, 0.3) is 0 Å². The first-order valence-corrected chi connectivity index (χ1v) is 30.5. The van der Waals surface area contributed by atoms with Gasteiger partial charge in [0.1, 0.15) is 0 Å².